The highest BCUT2D eigenvalue weighted by Crippen LogP contribution is 2.27. The summed E-state index contributed by atoms with van der Waals surface area (Å²) in [5.41, 5.74) is 0. The minimum Gasteiger partial charge on any atom is -0.360 e. The molecule has 0 heterocycles. The van der Waals surface area contributed by atoms with Crippen LogP contribution in [-0.4, -0.2) is 25.0 Å². The fraction of sp³-hybridized carbons (Fsp3) is 1.00. The molecule has 0 aliphatic rings. The van der Waals surface area contributed by atoms with Gasteiger partial charge in [0.2, 0.25) is 0 Å². The summed E-state index contributed by atoms with van der Waals surface area (Å²) >= 11 is 0. The van der Waals surface area contributed by atoms with Crippen LogP contribution in [0.1, 0.15) is 39.5 Å². The molecule has 1 N–H and O–H groups in total. The van der Waals surface area contributed by atoms with Crippen molar-refractivity contribution in [3.8, 4) is 0 Å². The first-order valence-electron chi connectivity index (χ1n) is 4.45. The van der Waals surface area contributed by atoms with Gasteiger partial charge in [0.1, 0.15) is 0 Å². The monoisotopic (exact) mass is 210 g/mol. The van der Waals surface area contributed by atoms with E-state index in [0.29, 0.717) is 6.42 Å². The SMILES string of the molecule is CCCCC(CC)(OC)S(=O)(=O)O. The summed E-state index contributed by atoms with van der Waals surface area (Å²) in [6.45, 7) is 3.65. The molecular weight excluding hydrogens is 192 g/mol. The average Bonchev–Trinajstić information content (AvgIpc) is 2.05. The molecule has 0 spiro atoms. The van der Waals surface area contributed by atoms with E-state index >= 15 is 0 Å². The van der Waals surface area contributed by atoms with Crippen molar-refractivity contribution in [2.75, 3.05) is 7.11 Å². The fourth-order valence-electron chi connectivity index (χ4n) is 1.29. The third kappa shape index (κ3) is 2.93. The average molecular weight is 210 g/mol. The largest absolute Gasteiger partial charge is 0.360 e. The van der Waals surface area contributed by atoms with Crippen LogP contribution in [-0.2, 0) is 14.9 Å². The van der Waals surface area contributed by atoms with E-state index in [1.54, 1.807) is 6.92 Å². The van der Waals surface area contributed by atoms with E-state index in [1.807, 2.05) is 6.92 Å². The van der Waals surface area contributed by atoms with Crippen LogP contribution in [0.2, 0.25) is 0 Å². The first kappa shape index (κ1) is 12.9. The molecule has 5 heteroatoms. The van der Waals surface area contributed by atoms with Crippen molar-refractivity contribution < 1.29 is 17.7 Å². The van der Waals surface area contributed by atoms with Gasteiger partial charge in [0, 0.05) is 7.11 Å². The lowest BCUT2D eigenvalue weighted by Gasteiger charge is -2.27. The lowest BCUT2D eigenvalue weighted by molar-refractivity contribution is 0.0414. The molecule has 0 fully saturated rings. The topological polar surface area (TPSA) is 63.6 Å². The van der Waals surface area contributed by atoms with Crippen molar-refractivity contribution >= 4 is 10.1 Å². The minimum atomic E-state index is -4.12. The van der Waals surface area contributed by atoms with Gasteiger partial charge in [-0.3, -0.25) is 4.55 Å². The summed E-state index contributed by atoms with van der Waals surface area (Å²) in [6.07, 6.45) is 2.21. The molecule has 1 atom stereocenters. The molecule has 0 rings (SSSR count). The normalized spacial score (nSPS) is 16.9. The van der Waals surface area contributed by atoms with Crippen molar-refractivity contribution in [2.24, 2.45) is 0 Å². The van der Waals surface area contributed by atoms with E-state index in [0.717, 1.165) is 12.8 Å². The Kier molecular flexibility index (Phi) is 4.88. The molecule has 0 aliphatic carbocycles. The Balaban J connectivity index is 4.71. The van der Waals surface area contributed by atoms with E-state index < -0.39 is 15.1 Å². The second kappa shape index (κ2) is 4.93. The van der Waals surface area contributed by atoms with Crippen LogP contribution >= 0.6 is 0 Å². The maximum atomic E-state index is 11.1. The summed E-state index contributed by atoms with van der Waals surface area (Å²) < 4.78 is 36.0. The molecule has 0 radical (unpaired) electrons. The van der Waals surface area contributed by atoms with Crippen LogP contribution < -0.4 is 0 Å². The first-order valence-corrected chi connectivity index (χ1v) is 5.89. The van der Waals surface area contributed by atoms with Gasteiger partial charge in [0.25, 0.3) is 10.1 Å². The summed E-state index contributed by atoms with van der Waals surface area (Å²) in [4.78, 5) is -1.40. The highest BCUT2D eigenvalue weighted by atomic mass is 32.2. The maximum Gasteiger partial charge on any atom is 0.295 e. The van der Waals surface area contributed by atoms with Crippen LogP contribution in [0.3, 0.4) is 0 Å². The predicted molar refractivity (Wildman–Crippen MR) is 51.1 cm³/mol. The smallest absolute Gasteiger partial charge is 0.295 e. The van der Waals surface area contributed by atoms with Crippen LogP contribution in [0.5, 0.6) is 0 Å². The van der Waals surface area contributed by atoms with E-state index in [-0.39, 0.29) is 6.42 Å². The third-order valence-corrected chi connectivity index (χ3v) is 3.89. The summed E-state index contributed by atoms with van der Waals surface area (Å²) in [5.74, 6) is 0. The van der Waals surface area contributed by atoms with E-state index in [4.69, 9.17) is 9.29 Å². The number of hydrogen-bond donors (Lipinski definition) is 1. The van der Waals surface area contributed by atoms with Gasteiger partial charge < -0.3 is 4.74 Å². The lowest BCUT2D eigenvalue weighted by Crippen LogP contribution is -2.39. The summed E-state index contributed by atoms with van der Waals surface area (Å²) in [7, 11) is -2.81. The van der Waals surface area contributed by atoms with Crippen molar-refractivity contribution in [1.82, 2.24) is 0 Å². The molecule has 0 saturated carbocycles. The van der Waals surface area contributed by atoms with Gasteiger partial charge in [-0.2, -0.15) is 8.42 Å². The maximum absolute atomic E-state index is 11.1. The summed E-state index contributed by atoms with van der Waals surface area (Å²) in [5, 5.41) is 0. The molecule has 0 saturated heterocycles. The molecule has 0 aromatic rings. The zero-order chi connectivity index (χ0) is 10.5. The van der Waals surface area contributed by atoms with E-state index in [2.05, 4.69) is 0 Å². The van der Waals surface area contributed by atoms with Crippen LogP contribution in [0.4, 0.5) is 0 Å². The number of ether oxygens (including phenoxy) is 1. The Morgan fingerprint density at radius 3 is 2.15 bits per heavy atom. The standard InChI is InChI=1S/C8H18O4S/c1-4-6-7-8(5-2,12-3)13(9,10)11/h4-7H2,1-3H3,(H,9,10,11). The fourth-order valence-corrected chi connectivity index (χ4v) is 2.26. The van der Waals surface area contributed by atoms with Crippen molar-refractivity contribution in [1.29, 1.82) is 0 Å². The highest BCUT2D eigenvalue weighted by molar-refractivity contribution is 7.87. The number of methoxy groups -OCH3 is 1. The molecule has 0 aromatic carbocycles. The van der Waals surface area contributed by atoms with Crippen LogP contribution in [0.15, 0.2) is 0 Å². The van der Waals surface area contributed by atoms with Crippen molar-refractivity contribution in [3.05, 3.63) is 0 Å². The Bertz CT molecular complexity index is 229. The molecular formula is C8H18O4S. The first-order chi connectivity index (χ1) is 5.93. The Morgan fingerprint density at radius 2 is 1.92 bits per heavy atom. The van der Waals surface area contributed by atoms with Gasteiger partial charge in [0.15, 0.2) is 4.93 Å². The van der Waals surface area contributed by atoms with Gasteiger partial charge in [0.05, 0.1) is 0 Å². The molecule has 80 valence electrons. The number of rotatable bonds is 6. The van der Waals surface area contributed by atoms with E-state index in [9.17, 15) is 8.42 Å². The third-order valence-electron chi connectivity index (χ3n) is 2.29. The molecule has 0 aromatic heterocycles. The molecule has 13 heavy (non-hydrogen) atoms. The van der Waals surface area contributed by atoms with Crippen LogP contribution in [0.25, 0.3) is 0 Å². The predicted octanol–water partition coefficient (Wildman–Crippen LogP) is 1.82. The molecule has 1 unspecified atom stereocenters. The number of hydrogen-bond acceptors (Lipinski definition) is 3. The Morgan fingerprint density at radius 1 is 1.38 bits per heavy atom. The zero-order valence-corrected chi connectivity index (χ0v) is 9.23. The second-order valence-corrected chi connectivity index (χ2v) is 4.74. The second-order valence-electron chi connectivity index (χ2n) is 3.05. The van der Waals surface area contributed by atoms with Crippen molar-refractivity contribution in [2.45, 2.75) is 44.5 Å². The highest BCUT2D eigenvalue weighted by Gasteiger charge is 2.40. The minimum absolute atomic E-state index is 0.266. The molecule has 4 nitrogen and oxygen atoms in total. The van der Waals surface area contributed by atoms with Gasteiger partial charge in [-0.15, -0.1) is 0 Å². The molecule has 0 amide bonds. The number of unbranched alkanes of at least 4 members (excludes halogenated alkanes) is 1. The van der Waals surface area contributed by atoms with Crippen molar-refractivity contribution in [3.63, 3.8) is 0 Å². The lowest BCUT2D eigenvalue weighted by atomic mass is 10.1. The Labute approximate surface area is 80.0 Å². The molecule has 0 aliphatic heterocycles. The van der Waals surface area contributed by atoms with Gasteiger partial charge in [-0.1, -0.05) is 20.3 Å². The quantitative estimate of drug-likeness (QED) is 0.679. The van der Waals surface area contributed by atoms with Gasteiger partial charge in [-0.25, -0.2) is 0 Å². The molecule has 0 bridgehead atoms. The van der Waals surface area contributed by atoms with E-state index in [1.165, 1.54) is 7.11 Å². The van der Waals surface area contributed by atoms with Crippen LogP contribution in [0, 0.1) is 0 Å². The Hall–Kier alpha value is -0.130. The zero-order valence-electron chi connectivity index (χ0n) is 8.41. The van der Waals surface area contributed by atoms with Gasteiger partial charge in [-0.05, 0) is 19.3 Å². The summed E-state index contributed by atoms with van der Waals surface area (Å²) in [6, 6.07) is 0. The van der Waals surface area contributed by atoms with Gasteiger partial charge >= 0.3 is 0 Å².